The Bertz CT molecular complexity index is 593. The van der Waals surface area contributed by atoms with Gasteiger partial charge in [0.1, 0.15) is 0 Å². The molecule has 0 aliphatic heterocycles. The highest BCUT2D eigenvalue weighted by Crippen LogP contribution is 2.25. The van der Waals surface area contributed by atoms with Gasteiger partial charge in [-0.25, -0.2) is 0 Å². The molecule has 0 unspecified atom stereocenters. The van der Waals surface area contributed by atoms with Gasteiger partial charge in [-0.3, -0.25) is 5.10 Å². The summed E-state index contributed by atoms with van der Waals surface area (Å²) in [7, 11) is 0. The number of nitrogens with zero attached hydrogens (tertiary/aromatic N) is 1. The normalized spacial score (nSPS) is 13.1. The number of aromatic nitrogens is 2. The number of aromatic amines is 1. The number of nitrogens with one attached hydrogen (secondary N) is 1. The quantitative estimate of drug-likeness (QED) is 0.699. The first kappa shape index (κ1) is 15.4. The fourth-order valence-electron chi connectivity index (χ4n) is 1.78. The van der Waals surface area contributed by atoms with Gasteiger partial charge in [-0.15, -0.1) is 0 Å². The molecule has 20 heavy (non-hydrogen) atoms. The fraction of sp³-hybridized carbons (Fsp3) is 0.0556. The van der Waals surface area contributed by atoms with E-state index in [9.17, 15) is 0 Å². The number of allylic oxidation sites excluding steroid dienone is 11. The zero-order valence-corrected chi connectivity index (χ0v) is 11.8. The minimum absolute atomic E-state index is 0.870. The molecule has 1 aromatic rings. The van der Waals surface area contributed by atoms with Gasteiger partial charge in [0.2, 0.25) is 0 Å². The van der Waals surface area contributed by atoms with E-state index in [1.165, 1.54) is 0 Å². The maximum Gasteiger partial charge on any atom is 0.0999 e. The Balaban J connectivity index is 3.36. The molecule has 1 rings (SSSR count). The maximum atomic E-state index is 4.34. The van der Waals surface area contributed by atoms with E-state index < -0.39 is 0 Å². The third-order valence-corrected chi connectivity index (χ3v) is 2.58. The molecule has 0 saturated carbocycles. The zero-order valence-electron chi connectivity index (χ0n) is 11.8. The lowest BCUT2D eigenvalue weighted by Gasteiger charge is -2.04. The van der Waals surface area contributed by atoms with Crippen molar-refractivity contribution in [1.82, 2.24) is 10.2 Å². The van der Waals surface area contributed by atoms with Crippen LogP contribution in [0.3, 0.4) is 0 Å². The molecular weight excluding hydrogens is 244 g/mol. The number of hydrogen-bond donors (Lipinski definition) is 1. The molecule has 1 heterocycles. The molecule has 0 saturated heterocycles. The molecule has 2 nitrogen and oxygen atoms in total. The average molecular weight is 264 g/mol. The fourth-order valence-corrected chi connectivity index (χ4v) is 1.78. The van der Waals surface area contributed by atoms with Crippen molar-refractivity contribution in [2.75, 3.05) is 0 Å². The highest BCUT2D eigenvalue weighted by molar-refractivity contribution is 5.85. The summed E-state index contributed by atoms with van der Waals surface area (Å²) in [5.74, 6) is 0. The number of rotatable bonds is 7. The molecule has 0 bridgehead atoms. The molecule has 0 radical (unpaired) electrons. The molecule has 0 amide bonds. The molecule has 0 spiro atoms. The Morgan fingerprint density at radius 3 is 2.35 bits per heavy atom. The van der Waals surface area contributed by atoms with Gasteiger partial charge in [-0.1, -0.05) is 74.4 Å². The Kier molecular flexibility index (Phi) is 6.55. The van der Waals surface area contributed by atoms with Crippen LogP contribution in [0.15, 0.2) is 80.6 Å². The lowest BCUT2D eigenvalue weighted by Crippen LogP contribution is -1.88. The van der Waals surface area contributed by atoms with Crippen molar-refractivity contribution in [3.05, 3.63) is 91.9 Å². The minimum Gasteiger partial charge on any atom is -0.284 e. The van der Waals surface area contributed by atoms with Crippen LogP contribution in [-0.4, -0.2) is 10.2 Å². The van der Waals surface area contributed by atoms with Crippen molar-refractivity contribution in [3.63, 3.8) is 0 Å². The Morgan fingerprint density at radius 1 is 1.05 bits per heavy atom. The molecule has 0 aliphatic carbocycles. The van der Waals surface area contributed by atoms with Gasteiger partial charge in [0.15, 0.2) is 0 Å². The molecule has 2 heteroatoms. The van der Waals surface area contributed by atoms with Gasteiger partial charge in [0.25, 0.3) is 0 Å². The van der Waals surface area contributed by atoms with Gasteiger partial charge < -0.3 is 0 Å². The summed E-state index contributed by atoms with van der Waals surface area (Å²) in [5, 5.41) is 7.25. The molecule has 0 aromatic carbocycles. The van der Waals surface area contributed by atoms with E-state index in [4.69, 9.17) is 0 Å². The van der Waals surface area contributed by atoms with E-state index in [2.05, 4.69) is 29.9 Å². The first-order chi connectivity index (χ1) is 9.78. The molecule has 1 aromatic heterocycles. The standard InChI is InChI=1S/C18H20N2/c1-5-9-13-16(12-8-4)18-17(14-19-20-18)15(10-6-2)11-7-3/h5-14H,1-2,4H2,3H3,(H,19,20)/b11-7-,13-9-,15-10+,16-12+. The third kappa shape index (κ3) is 3.95. The summed E-state index contributed by atoms with van der Waals surface area (Å²) >= 11 is 0. The Hall–Kier alpha value is -2.61. The monoisotopic (exact) mass is 264 g/mol. The van der Waals surface area contributed by atoms with Gasteiger partial charge >= 0.3 is 0 Å². The Labute approximate surface area is 120 Å². The summed E-state index contributed by atoms with van der Waals surface area (Å²) < 4.78 is 0. The smallest absolute Gasteiger partial charge is 0.0999 e. The molecule has 102 valence electrons. The molecule has 0 atom stereocenters. The number of H-pyrrole nitrogens is 1. The van der Waals surface area contributed by atoms with Crippen LogP contribution < -0.4 is 0 Å². The Morgan fingerprint density at radius 2 is 1.75 bits per heavy atom. The van der Waals surface area contributed by atoms with Crippen LogP contribution in [-0.2, 0) is 0 Å². The number of hydrogen-bond acceptors (Lipinski definition) is 1. The molecule has 0 aliphatic rings. The average Bonchev–Trinajstić information content (AvgIpc) is 2.92. The largest absolute Gasteiger partial charge is 0.284 e. The van der Waals surface area contributed by atoms with Gasteiger partial charge in [0, 0.05) is 17.3 Å². The lowest BCUT2D eigenvalue weighted by molar-refractivity contribution is 1.08. The summed E-state index contributed by atoms with van der Waals surface area (Å²) in [6, 6.07) is 0. The first-order valence-corrected chi connectivity index (χ1v) is 6.40. The second-order valence-corrected chi connectivity index (χ2v) is 3.96. The molecule has 1 N–H and O–H groups in total. The van der Waals surface area contributed by atoms with Crippen LogP contribution in [0.1, 0.15) is 18.2 Å². The molecule has 0 fully saturated rings. The van der Waals surface area contributed by atoms with Crippen LogP contribution in [0.4, 0.5) is 0 Å². The van der Waals surface area contributed by atoms with Gasteiger partial charge in [-0.2, -0.15) is 5.10 Å². The summed E-state index contributed by atoms with van der Waals surface area (Å²) in [6.45, 7) is 13.2. The van der Waals surface area contributed by atoms with Crippen molar-refractivity contribution < 1.29 is 0 Å². The van der Waals surface area contributed by atoms with Crippen molar-refractivity contribution in [2.45, 2.75) is 6.92 Å². The second kappa shape index (κ2) is 8.48. The van der Waals surface area contributed by atoms with E-state index in [-0.39, 0.29) is 0 Å². The minimum atomic E-state index is 0.870. The van der Waals surface area contributed by atoms with Crippen LogP contribution >= 0.6 is 0 Å². The maximum absolute atomic E-state index is 4.34. The van der Waals surface area contributed by atoms with Crippen LogP contribution in [0.25, 0.3) is 11.1 Å². The zero-order chi connectivity index (χ0) is 14.8. The van der Waals surface area contributed by atoms with Gasteiger partial charge in [-0.05, 0) is 12.5 Å². The van der Waals surface area contributed by atoms with Crippen molar-refractivity contribution in [3.8, 4) is 0 Å². The predicted octanol–water partition coefficient (Wildman–Crippen LogP) is 4.87. The van der Waals surface area contributed by atoms with E-state index in [1.54, 1.807) is 18.2 Å². The summed E-state index contributed by atoms with van der Waals surface area (Å²) in [5.41, 5.74) is 3.91. The van der Waals surface area contributed by atoms with Crippen LogP contribution in [0.2, 0.25) is 0 Å². The SMILES string of the molecule is C=C/C=C\C(=C/C=C)c1n[nH]cc1C(/C=C\C)=C/C=C. The van der Waals surface area contributed by atoms with E-state index in [0.29, 0.717) is 0 Å². The molecular formula is C18H20N2. The van der Waals surface area contributed by atoms with Gasteiger partial charge in [0.05, 0.1) is 5.69 Å². The van der Waals surface area contributed by atoms with Crippen molar-refractivity contribution in [1.29, 1.82) is 0 Å². The van der Waals surface area contributed by atoms with E-state index in [1.807, 2.05) is 49.6 Å². The summed E-state index contributed by atoms with van der Waals surface area (Å²) in [6.07, 6.45) is 18.8. The second-order valence-electron chi connectivity index (χ2n) is 3.96. The topological polar surface area (TPSA) is 28.7 Å². The van der Waals surface area contributed by atoms with Crippen molar-refractivity contribution in [2.24, 2.45) is 0 Å². The van der Waals surface area contributed by atoms with E-state index in [0.717, 1.165) is 22.4 Å². The lowest BCUT2D eigenvalue weighted by atomic mass is 10.0. The first-order valence-electron chi connectivity index (χ1n) is 6.40. The van der Waals surface area contributed by atoms with E-state index >= 15 is 0 Å². The van der Waals surface area contributed by atoms with Crippen LogP contribution in [0.5, 0.6) is 0 Å². The summed E-state index contributed by atoms with van der Waals surface area (Å²) in [4.78, 5) is 0. The third-order valence-electron chi connectivity index (χ3n) is 2.58. The highest BCUT2D eigenvalue weighted by atomic mass is 15.1. The highest BCUT2D eigenvalue weighted by Gasteiger charge is 2.10. The van der Waals surface area contributed by atoms with Crippen LogP contribution in [0, 0.1) is 0 Å². The van der Waals surface area contributed by atoms with Crippen molar-refractivity contribution >= 4 is 11.1 Å². The predicted molar refractivity (Wildman–Crippen MR) is 89.1 cm³/mol.